The van der Waals surface area contributed by atoms with Crippen LogP contribution >= 0.6 is 0 Å². The third kappa shape index (κ3) is 3.79. The summed E-state index contributed by atoms with van der Waals surface area (Å²) in [6, 6.07) is 6.84. The van der Waals surface area contributed by atoms with E-state index in [2.05, 4.69) is 0 Å². The molecule has 0 amide bonds. The zero-order chi connectivity index (χ0) is 15.3. The van der Waals surface area contributed by atoms with Gasteiger partial charge >= 0.3 is 0 Å². The third-order valence-corrected chi connectivity index (χ3v) is 5.40. The van der Waals surface area contributed by atoms with Gasteiger partial charge in [-0.3, -0.25) is 0 Å². The Labute approximate surface area is 122 Å². The van der Waals surface area contributed by atoms with Crippen LogP contribution in [0, 0.1) is 0 Å². The van der Waals surface area contributed by atoms with Gasteiger partial charge in [0.25, 0.3) is 0 Å². The minimum Gasteiger partial charge on any atom is -0.326 e. The molecule has 0 aromatic heterocycles. The second-order valence-electron chi connectivity index (χ2n) is 5.13. The number of rotatable bonds is 7. The van der Waals surface area contributed by atoms with E-state index in [4.69, 9.17) is 5.73 Å². The van der Waals surface area contributed by atoms with Gasteiger partial charge in [0.05, 0.1) is 4.90 Å². The zero-order valence-electron chi connectivity index (χ0n) is 12.7. The van der Waals surface area contributed by atoms with Crippen molar-refractivity contribution in [2.75, 3.05) is 27.2 Å². The van der Waals surface area contributed by atoms with Crippen LogP contribution in [0.5, 0.6) is 0 Å². The van der Waals surface area contributed by atoms with E-state index in [9.17, 15) is 8.42 Å². The topological polar surface area (TPSA) is 66.6 Å². The van der Waals surface area contributed by atoms with E-state index in [-0.39, 0.29) is 12.6 Å². The Balaban J connectivity index is 3.18. The number of nitrogens with zero attached hydrogens (tertiary/aromatic N) is 2. The van der Waals surface area contributed by atoms with Gasteiger partial charge in [0.15, 0.2) is 0 Å². The van der Waals surface area contributed by atoms with Gasteiger partial charge in [0.2, 0.25) is 10.0 Å². The van der Waals surface area contributed by atoms with E-state index in [0.717, 1.165) is 0 Å². The Morgan fingerprint density at radius 1 is 1.25 bits per heavy atom. The summed E-state index contributed by atoms with van der Waals surface area (Å²) < 4.78 is 27.2. The van der Waals surface area contributed by atoms with E-state index < -0.39 is 10.0 Å². The van der Waals surface area contributed by atoms with Crippen LogP contribution in [0.25, 0.3) is 0 Å². The molecule has 2 N–H and O–H groups in total. The van der Waals surface area contributed by atoms with Crippen LogP contribution in [0.1, 0.15) is 19.4 Å². The summed E-state index contributed by atoms with van der Waals surface area (Å²) in [6.07, 6.45) is 0. The molecular formula is C14H25N3O2S. The molecule has 6 heteroatoms. The maximum atomic E-state index is 12.8. The number of hydrogen-bond donors (Lipinski definition) is 1. The SMILES string of the molecule is CCN(C(C)CN(C)C)S(=O)(=O)c1ccccc1CN. The smallest absolute Gasteiger partial charge is 0.243 e. The third-order valence-electron chi connectivity index (χ3n) is 3.21. The van der Waals surface area contributed by atoms with E-state index in [1.165, 1.54) is 4.31 Å². The van der Waals surface area contributed by atoms with Crippen LogP contribution in [-0.4, -0.2) is 50.8 Å². The van der Waals surface area contributed by atoms with E-state index >= 15 is 0 Å². The van der Waals surface area contributed by atoms with Crippen molar-refractivity contribution in [3.63, 3.8) is 0 Å². The Morgan fingerprint density at radius 3 is 2.35 bits per heavy atom. The highest BCUT2D eigenvalue weighted by atomic mass is 32.2. The summed E-state index contributed by atoms with van der Waals surface area (Å²) in [7, 11) is 0.359. The monoisotopic (exact) mass is 299 g/mol. The molecule has 0 saturated carbocycles. The van der Waals surface area contributed by atoms with Gasteiger partial charge in [0, 0.05) is 25.7 Å². The van der Waals surface area contributed by atoms with Crippen LogP contribution in [0.2, 0.25) is 0 Å². The molecule has 1 atom stereocenters. The van der Waals surface area contributed by atoms with Crippen molar-refractivity contribution in [3.05, 3.63) is 29.8 Å². The molecule has 0 radical (unpaired) electrons. The molecule has 114 valence electrons. The lowest BCUT2D eigenvalue weighted by atomic mass is 10.2. The molecule has 0 bridgehead atoms. The maximum absolute atomic E-state index is 12.8. The zero-order valence-corrected chi connectivity index (χ0v) is 13.5. The first kappa shape index (κ1) is 17.1. The molecule has 0 aliphatic heterocycles. The Bertz CT molecular complexity index is 529. The van der Waals surface area contributed by atoms with Crippen molar-refractivity contribution in [3.8, 4) is 0 Å². The summed E-state index contributed by atoms with van der Waals surface area (Å²) in [6.45, 7) is 5.12. The molecule has 20 heavy (non-hydrogen) atoms. The number of likely N-dealkylation sites (N-methyl/N-ethyl adjacent to an activating group) is 2. The number of nitrogens with two attached hydrogens (primary N) is 1. The highest BCUT2D eigenvalue weighted by Gasteiger charge is 2.29. The Morgan fingerprint density at radius 2 is 1.85 bits per heavy atom. The van der Waals surface area contributed by atoms with Crippen molar-refractivity contribution < 1.29 is 8.42 Å². The van der Waals surface area contributed by atoms with Gasteiger partial charge in [-0.1, -0.05) is 25.1 Å². The molecule has 5 nitrogen and oxygen atoms in total. The first-order chi connectivity index (χ1) is 9.34. The van der Waals surface area contributed by atoms with Crippen LogP contribution in [0.3, 0.4) is 0 Å². The van der Waals surface area contributed by atoms with Crippen molar-refractivity contribution in [2.45, 2.75) is 31.3 Å². The second kappa shape index (κ2) is 7.17. The summed E-state index contributed by atoms with van der Waals surface area (Å²) in [4.78, 5) is 2.30. The molecule has 0 spiro atoms. The quantitative estimate of drug-likeness (QED) is 0.819. The largest absolute Gasteiger partial charge is 0.326 e. The van der Waals surface area contributed by atoms with E-state index in [0.29, 0.717) is 23.5 Å². The highest BCUT2D eigenvalue weighted by Crippen LogP contribution is 2.21. The van der Waals surface area contributed by atoms with Crippen LogP contribution in [0.4, 0.5) is 0 Å². The second-order valence-corrected chi connectivity index (χ2v) is 6.99. The predicted octanol–water partition coefficient (Wildman–Crippen LogP) is 1.11. The average Bonchev–Trinajstić information content (AvgIpc) is 2.38. The normalized spacial score (nSPS) is 13.9. The molecule has 0 saturated heterocycles. The number of benzene rings is 1. The molecule has 1 aromatic rings. The van der Waals surface area contributed by atoms with Crippen LogP contribution in [0.15, 0.2) is 29.2 Å². The molecular weight excluding hydrogens is 274 g/mol. The lowest BCUT2D eigenvalue weighted by Gasteiger charge is -2.29. The van der Waals surface area contributed by atoms with E-state index in [1.807, 2.05) is 32.8 Å². The molecule has 1 aromatic carbocycles. The van der Waals surface area contributed by atoms with Gasteiger partial charge in [-0.15, -0.1) is 0 Å². The van der Waals surface area contributed by atoms with Crippen molar-refractivity contribution in [1.82, 2.24) is 9.21 Å². The molecule has 0 aliphatic carbocycles. The number of hydrogen-bond acceptors (Lipinski definition) is 4. The Hall–Kier alpha value is -0.950. The maximum Gasteiger partial charge on any atom is 0.243 e. The Kier molecular flexibility index (Phi) is 6.13. The van der Waals surface area contributed by atoms with E-state index in [1.54, 1.807) is 24.3 Å². The molecule has 1 unspecified atom stereocenters. The standard InChI is InChI=1S/C14H25N3O2S/c1-5-17(12(2)11-16(3)4)20(18,19)14-9-7-6-8-13(14)10-15/h6-9,12H,5,10-11,15H2,1-4H3. The van der Waals surface area contributed by atoms with Crippen LogP contribution in [-0.2, 0) is 16.6 Å². The summed E-state index contributed by atoms with van der Waals surface area (Å²) in [5, 5.41) is 0. The molecule has 0 aliphatic rings. The van der Waals surface area contributed by atoms with Gasteiger partial charge in [0.1, 0.15) is 0 Å². The summed E-state index contributed by atoms with van der Waals surface area (Å²) in [5.74, 6) is 0. The fourth-order valence-corrected chi connectivity index (χ4v) is 4.25. The lowest BCUT2D eigenvalue weighted by molar-refractivity contribution is 0.271. The first-order valence-corrected chi connectivity index (χ1v) is 8.23. The van der Waals surface area contributed by atoms with Crippen molar-refractivity contribution in [2.24, 2.45) is 5.73 Å². The average molecular weight is 299 g/mol. The summed E-state index contributed by atoms with van der Waals surface area (Å²) >= 11 is 0. The number of sulfonamides is 1. The van der Waals surface area contributed by atoms with Gasteiger partial charge < -0.3 is 10.6 Å². The first-order valence-electron chi connectivity index (χ1n) is 6.79. The minimum absolute atomic E-state index is 0.0918. The molecule has 0 fully saturated rings. The fraction of sp³-hybridized carbons (Fsp3) is 0.571. The molecule has 0 heterocycles. The predicted molar refractivity (Wildman–Crippen MR) is 81.9 cm³/mol. The van der Waals surface area contributed by atoms with Crippen molar-refractivity contribution >= 4 is 10.0 Å². The fourth-order valence-electron chi connectivity index (χ4n) is 2.39. The van der Waals surface area contributed by atoms with Gasteiger partial charge in [-0.05, 0) is 32.6 Å². The van der Waals surface area contributed by atoms with Gasteiger partial charge in [-0.2, -0.15) is 4.31 Å². The van der Waals surface area contributed by atoms with Gasteiger partial charge in [-0.25, -0.2) is 8.42 Å². The van der Waals surface area contributed by atoms with Crippen LogP contribution < -0.4 is 5.73 Å². The lowest BCUT2D eigenvalue weighted by Crippen LogP contribution is -2.43. The van der Waals surface area contributed by atoms with Crippen molar-refractivity contribution in [1.29, 1.82) is 0 Å². The highest BCUT2D eigenvalue weighted by molar-refractivity contribution is 7.89. The minimum atomic E-state index is -3.51. The molecule has 1 rings (SSSR count). The summed E-state index contributed by atoms with van der Waals surface area (Å²) in [5.41, 5.74) is 6.31.